The predicted molar refractivity (Wildman–Crippen MR) is 33.8 cm³/mol. The van der Waals surface area contributed by atoms with Crippen LogP contribution in [0, 0.1) is 0 Å². The van der Waals surface area contributed by atoms with Crippen LogP contribution in [0.1, 0.15) is 19.3 Å². The van der Waals surface area contributed by atoms with Crippen molar-refractivity contribution in [3.8, 4) is 0 Å². The second-order valence-electron chi connectivity index (χ2n) is 2.14. The van der Waals surface area contributed by atoms with Gasteiger partial charge in [0.15, 0.2) is 0 Å². The largest absolute Gasteiger partial charge is 0.374 e. The van der Waals surface area contributed by atoms with Gasteiger partial charge in [0.05, 0.1) is 6.10 Å². The second kappa shape index (κ2) is 5.20. The summed E-state index contributed by atoms with van der Waals surface area (Å²) in [5.74, 6) is 0. The number of hydrogen-bond acceptors (Lipinski definition) is 1. The predicted octanol–water partition coefficient (Wildman–Crippen LogP) is 1.74. The average Bonchev–Trinajstić information content (AvgIpc) is 1.90. The molecule has 0 radical (unpaired) electrons. The molecule has 1 saturated heterocycles. The summed E-state index contributed by atoms with van der Waals surface area (Å²) in [6.45, 7) is 4.59. The van der Waals surface area contributed by atoms with Crippen molar-refractivity contribution >= 4 is 0 Å². The molecule has 0 aliphatic carbocycles. The summed E-state index contributed by atoms with van der Waals surface area (Å²) in [6, 6.07) is 0. The molecular weight excluding hydrogens is 295 g/mol. The summed E-state index contributed by atoms with van der Waals surface area (Å²) in [5.41, 5.74) is 0. The number of ether oxygens (including phenoxy) is 1. The third-order valence-corrected chi connectivity index (χ3v) is 1.48. The Kier molecular flexibility index (Phi) is 5.42. The van der Waals surface area contributed by atoms with Gasteiger partial charge in [-0.15, -0.1) is 6.58 Å². The molecule has 56 valence electrons. The molecule has 9 heavy (non-hydrogen) atoms. The van der Waals surface area contributed by atoms with Crippen LogP contribution in [-0.2, 0) is 25.8 Å². The molecule has 0 aromatic carbocycles. The van der Waals surface area contributed by atoms with Crippen molar-refractivity contribution in [2.75, 3.05) is 6.61 Å². The summed E-state index contributed by atoms with van der Waals surface area (Å²) in [5, 5.41) is 0. The van der Waals surface area contributed by atoms with E-state index in [0.717, 1.165) is 6.61 Å². The van der Waals surface area contributed by atoms with Crippen molar-refractivity contribution in [3.05, 3.63) is 12.7 Å². The smallest absolute Gasteiger partial charge is 0.0753 e. The first-order valence-electron chi connectivity index (χ1n) is 3.17. The van der Waals surface area contributed by atoms with Gasteiger partial charge in [-0.05, 0) is 19.3 Å². The fraction of sp³-hybridized carbons (Fsp3) is 0.714. The van der Waals surface area contributed by atoms with Crippen LogP contribution in [0.25, 0.3) is 0 Å². The molecule has 1 fully saturated rings. The minimum atomic E-state index is 0. The Bertz CT molecular complexity index is 77.0. The van der Waals surface area contributed by atoms with Crippen molar-refractivity contribution in [3.63, 3.8) is 0 Å². The molecule has 0 aromatic heterocycles. The van der Waals surface area contributed by atoms with Crippen LogP contribution >= 0.6 is 0 Å². The Morgan fingerprint density at radius 2 is 2.22 bits per heavy atom. The quantitative estimate of drug-likeness (QED) is 0.671. The molecule has 0 amide bonds. The van der Waals surface area contributed by atoms with E-state index in [9.17, 15) is 0 Å². The normalized spacial score (nSPS) is 26.4. The summed E-state index contributed by atoms with van der Waals surface area (Å²) in [6.07, 6.45) is 5.94. The van der Waals surface area contributed by atoms with E-state index in [-0.39, 0.29) is 21.1 Å². The Morgan fingerprint density at radius 3 is 2.56 bits per heavy atom. The molecule has 1 aliphatic rings. The van der Waals surface area contributed by atoms with Gasteiger partial charge in [0, 0.05) is 27.7 Å². The topological polar surface area (TPSA) is 9.23 Å². The van der Waals surface area contributed by atoms with Crippen molar-refractivity contribution in [2.45, 2.75) is 25.4 Å². The summed E-state index contributed by atoms with van der Waals surface area (Å²) in [7, 11) is 0. The zero-order chi connectivity index (χ0) is 5.82. The van der Waals surface area contributed by atoms with E-state index in [0.29, 0.717) is 6.10 Å². The molecule has 1 heterocycles. The third-order valence-electron chi connectivity index (χ3n) is 1.48. The van der Waals surface area contributed by atoms with E-state index < -0.39 is 0 Å². The van der Waals surface area contributed by atoms with Crippen molar-refractivity contribution < 1.29 is 25.8 Å². The summed E-state index contributed by atoms with van der Waals surface area (Å²) in [4.78, 5) is 0. The van der Waals surface area contributed by atoms with Crippen LogP contribution in [0.3, 0.4) is 0 Å². The first-order chi connectivity index (χ1) is 3.93. The van der Waals surface area contributed by atoms with Crippen LogP contribution in [0.2, 0.25) is 0 Å². The minimum Gasteiger partial charge on any atom is -0.374 e. The molecule has 1 atom stereocenters. The zero-order valence-electron chi connectivity index (χ0n) is 5.41. The van der Waals surface area contributed by atoms with E-state index >= 15 is 0 Å². The van der Waals surface area contributed by atoms with E-state index in [1.165, 1.54) is 19.3 Å². The molecule has 1 nitrogen and oxygen atoms in total. The SMILES string of the molecule is C=CC1CCCCO1.[Pt]. The van der Waals surface area contributed by atoms with Gasteiger partial charge < -0.3 is 4.74 Å². The minimum absolute atomic E-state index is 0. The Labute approximate surface area is 70.7 Å². The standard InChI is InChI=1S/C7H12O.Pt/c1-2-7-5-3-4-6-8-7;/h2,7H,1,3-6H2;. The first kappa shape index (κ1) is 9.39. The Morgan fingerprint density at radius 1 is 1.44 bits per heavy atom. The molecule has 0 bridgehead atoms. The van der Waals surface area contributed by atoms with Crippen LogP contribution in [0.15, 0.2) is 12.7 Å². The van der Waals surface area contributed by atoms with E-state index in [1.807, 2.05) is 6.08 Å². The maximum Gasteiger partial charge on any atom is 0.0753 e. The molecule has 0 saturated carbocycles. The molecule has 1 rings (SSSR count). The van der Waals surface area contributed by atoms with Gasteiger partial charge in [0.25, 0.3) is 0 Å². The maximum absolute atomic E-state index is 5.31. The zero-order valence-corrected chi connectivity index (χ0v) is 7.69. The second-order valence-corrected chi connectivity index (χ2v) is 2.14. The van der Waals surface area contributed by atoms with Gasteiger partial charge in [-0.1, -0.05) is 6.08 Å². The molecule has 1 aliphatic heterocycles. The molecular formula is C7H12OPt. The number of rotatable bonds is 1. The molecule has 0 N–H and O–H groups in total. The van der Waals surface area contributed by atoms with Gasteiger partial charge in [-0.3, -0.25) is 0 Å². The van der Waals surface area contributed by atoms with Gasteiger partial charge in [0.1, 0.15) is 0 Å². The van der Waals surface area contributed by atoms with Gasteiger partial charge >= 0.3 is 0 Å². The third kappa shape index (κ3) is 3.17. The van der Waals surface area contributed by atoms with Gasteiger partial charge in [-0.25, -0.2) is 0 Å². The van der Waals surface area contributed by atoms with Crippen molar-refractivity contribution in [1.82, 2.24) is 0 Å². The van der Waals surface area contributed by atoms with Crippen molar-refractivity contribution in [2.24, 2.45) is 0 Å². The van der Waals surface area contributed by atoms with Gasteiger partial charge in [0.2, 0.25) is 0 Å². The Balaban J connectivity index is 0.000000640. The Hall–Kier alpha value is 0.388. The van der Waals surface area contributed by atoms with E-state index in [1.54, 1.807) is 0 Å². The molecule has 1 unspecified atom stereocenters. The van der Waals surface area contributed by atoms with E-state index in [2.05, 4.69) is 6.58 Å². The molecule has 0 spiro atoms. The number of hydrogen-bond donors (Lipinski definition) is 0. The average molecular weight is 307 g/mol. The molecule has 2 heteroatoms. The summed E-state index contributed by atoms with van der Waals surface area (Å²) >= 11 is 0. The van der Waals surface area contributed by atoms with Gasteiger partial charge in [-0.2, -0.15) is 0 Å². The first-order valence-corrected chi connectivity index (χ1v) is 3.17. The van der Waals surface area contributed by atoms with Crippen LogP contribution in [0.5, 0.6) is 0 Å². The fourth-order valence-corrected chi connectivity index (χ4v) is 0.952. The van der Waals surface area contributed by atoms with Crippen LogP contribution in [-0.4, -0.2) is 12.7 Å². The van der Waals surface area contributed by atoms with Crippen LogP contribution in [0.4, 0.5) is 0 Å². The van der Waals surface area contributed by atoms with Crippen molar-refractivity contribution in [1.29, 1.82) is 0 Å². The monoisotopic (exact) mass is 307 g/mol. The fourth-order valence-electron chi connectivity index (χ4n) is 0.952. The van der Waals surface area contributed by atoms with E-state index in [4.69, 9.17) is 4.74 Å². The maximum atomic E-state index is 5.31. The summed E-state index contributed by atoms with van der Waals surface area (Å²) < 4.78 is 5.31. The molecule has 0 aromatic rings. The van der Waals surface area contributed by atoms with Crippen LogP contribution < -0.4 is 0 Å².